The maximum atomic E-state index is 12.4. The highest BCUT2D eigenvalue weighted by molar-refractivity contribution is 7.13. The van der Waals surface area contributed by atoms with Gasteiger partial charge >= 0.3 is 6.03 Å². The Kier molecular flexibility index (Phi) is 4.80. The number of rotatable bonds is 2. The number of fused-ring (bicyclic) bond motifs is 1. The molecule has 126 valence electrons. The molecule has 0 bridgehead atoms. The molecule has 2 aromatic rings. The van der Waals surface area contributed by atoms with Crippen LogP contribution in [0, 0.1) is 0 Å². The van der Waals surface area contributed by atoms with Crippen molar-refractivity contribution in [2.24, 2.45) is 0 Å². The van der Waals surface area contributed by atoms with Crippen LogP contribution in [-0.2, 0) is 12.8 Å². The number of hydrogen-bond acceptors (Lipinski definition) is 4. The molecular weight excluding hydrogens is 324 g/mol. The number of carbonyl (C=O) groups excluding carboxylic acids is 2. The molecule has 3 amide bonds. The van der Waals surface area contributed by atoms with Crippen molar-refractivity contribution < 1.29 is 9.59 Å². The predicted molar refractivity (Wildman–Crippen MR) is 94.6 cm³/mol. The second kappa shape index (κ2) is 7.00. The Bertz CT molecular complexity index is 717. The Morgan fingerprint density at radius 3 is 2.58 bits per heavy atom. The van der Waals surface area contributed by atoms with Crippen LogP contribution >= 0.6 is 11.3 Å². The van der Waals surface area contributed by atoms with E-state index in [0.29, 0.717) is 24.5 Å². The van der Waals surface area contributed by atoms with Crippen LogP contribution in [0.15, 0.2) is 30.3 Å². The minimum absolute atomic E-state index is 0.0632. The summed E-state index contributed by atoms with van der Waals surface area (Å²) in [6, 6.07) is 9.34. The van der Waals surface area contributed by atoms with Crippen LogP contribution in [-0.4, -0.2) is 53.9 Å². The summed E-state index contributed by atoms with van der Waals surface area (Å²) in [5.74, 6) is -0.0632. The predicted octanol–water partition coefficient (Wildman–Crippen LogP) is 2.48. The number of thiazole rings is 1. The number of benzene rings is 1. The largest absolute Gasteiger partial charge is 0.343 e. The van der Waals surface area contributed by atoms with E-state index < -0.39 is 0 Å². The fraction of sp³-hybridized carbons (Fsp3) is 0.353. The molecule has 1 N–H and O–H groups in total. The van der Waals surface area contributed by atoms with Gasteiger partial charge in [-0.3, -0.25) is 4.79 Å². The minimum Gasteiger partial charge on any atom is -0.343 e. The lowest BCUT2D eigenvalue weighted by Crippen LogP contribution is -2.36. The summed E-state index contributed by atoms with van der Waals surface area (Å²) in [6.45, 7) is 1.23. The molecule has 0 radical (unpaired) electrons. The number of amides is 3. The minimum atomic E-state index is -0.0963. The third-order valence-corrected chi connectivity index (χ3v) is 5.05. The number of nitrogens with zero attached hydrogens (tertiary/aromatic N) is 3. The molecule has 1 aromatic carbocycles. The van der Waals surface area contributed by atoms with Gasteiger partial charge < -0.3 is 15.1 Å². The zero-order valence-electron chi connectivity index (χ0n) is 13.8. The molecule has 7 heteroatoms. The number of carbonyl (C=O) groups is 2. The normalized spacial score (nSPS) is 13.8. The van der Waals surface area contributed by atoms with E-state index in [0.717, 1.165) is 22.7 Å². The van der Waals surface area contributed by atoms with Gasteiger partial charge in [0.25, 0.3) is 5.91 Å². The summed E-state index contributed by atoms with van der Waals surface area (Å²) in [7, 11) is 3.45. The first kappa shape index (κ1) is 16.4. The van der Waals surface area contributed by atoms with E-state index in [1.54, 1.807) is 19.0 Å². The maximum absolute atomic E-state index is 12.4. The molecule has 1 aliphatic heterocycles. The first-order valence-electron chi connectivity index (χ1n) is 7.86. The number of nitrogens with one attached hydrogen (secondary N) is 1. The molecule has 0 unspecified atom stereocenters. The molecular formula is C17H20N4O2S. The molecule has 24 heavy (non-hydrogen) atoms. The molecule has 0 saturated heterocycles. The van der Waals surface area contributed by atoms with Crippen molar-refractivity contribution in [1.82, 2.24) is 14.8 Å². The summed E-state index contributed by atoms with van der Waals surface area (Å²) < 4.78 is 0. The van der Waals surface area contributed by atoms with E-state index in [1.165, 1.54) is 16.2 Å². The number of aromatic nitrogens is 1. The Hall–Kier alpha value is -2.41. The van der Waals surface area contributed by atoms with Crippen molar-refractivity contribution in [3.63, 3.8) is 0 Å². The molecule has 6 nitrogen and oxygen atoms in total. The van der Waals surface area contributed by atoms with Crippen molar-refractivity contribution in [3.8, 4) is 0 Å². The van der Waals surface area contributed by atoms with Crippen molar-refractivity contribution in [3.05, 3.63) is 45.9 Å². The standard InChI is InChI=1S/C17H20N4O2S/c1-20(2)16(22)15-19-13-8-10-21(11-9-14(13)24-15)17(23)18-12-6-4-3-5-7-12/h3-7H,8-11H2,1-2H3,(H,18,23). The fourth-order valence-corrected chi connectivity index (χ4v) is 3.69. The van der Waals surface area contributed by atoms with E-state index in [-0.39, 0.29) is 11.9 Å². The topological polar surface area (TPSA) is 65.5 Å². The second-order valence-corrected chi connectivity index (χ2v) is 6.96. The number of urea groups is 1. The van der Waals surface area contributed by atoms with Gasteiger partial charge in [-0.2, -0.15) is 0 Å². The van der Waals surface area contributed by atoms with Crippen molar-refractivity contribution >= 4 is 29.0 Å². The first-order chi connectivity index (χ1) is 11.5. The fourth-order valence-electron chi connectivity index (χ4n) is 2.57. The average Bonchev–Trinajstić information content (AvgIpc) is 2.88. The van der Waals surface area contributed by atoms with E-state index >= 15 is 0 Å². The van der Waals surface area contributed by atoms with Gasteiger partial charge in [0.15, 0.2) is 5.01 Å². The molecule has 0 atom stereocenters. The van der Waals surface area contributed by atoms with Gasteiger partial charge in [-0.15, -0.1) is 11.3 Å². The summed E-state index contributed by atoms with van der Waals surface area (Å²) >= 11 is 1.44. The third-order valence-electron chi connectivity index (χ3n) is 3.91. The van der Waals surface area contributed by atoms with Crippen LogP contribution in [0.25, 0.3) is 0 Å². The van der Waals surface area contributed by atoms with E-state index in [9.17, 15) is 9.59 Å². The van der Waals surface area contributed by atoms with Gasteiger partial charge in [0.1, 0.15) is 0 Å². The Morgan fingerprint density at radius 1 is 1.17 bits per heavy atom. The van der Waals surface area contributed by atoms with Crippen LogP contribution in [0.2, 0.25) is 0 Å². The third kappa shape index (κ3) is 3.56. The molecule has 1 aromatic heterocycles. The zero-order valence-corrected chi connectivity index (χ0v) is 14.6. The van der Waals surface area contributed by atoms with Crippen LogP contribution in [0.1, 0.15) is 20.4 Å². The number of para-hydroxylation sites is 1. The molecule has 0 fully saturated rings. The molecule has 2 heterocycles. The average molecular weight is 344 g/mol. The van der Waals surface area contributed by atoms with Crippen molar-refractivity contribution in [2.75, 3.05) is 32.5 Å². The highest BCUT2D eigenvalue weighted by Gasteiger charge is 2.23. The van der Waals surface area contributed by atoms with Crippen LogP contribution in [0.5, 0.6) is 0 Å². The lowest BCUT2D eigenvalue weighted by Gasteiger charge is -2.20. The van der Waals surface area contributed by atoms with Crippen LogP contribution < -0.4 is 5.32 Å². The number of hydrogen-bond donors (Lipinski definition) is 1. The van der Waals surface area contributed by atoms with Crippen LogP contribution in [0.4, 0.5) is 10.5 Å². The summed E-state index contributed by atoms with van der Waals surface area (Å²) in [6.07, 6.45) is 1.41. The first-order valence-corrected chi connectivity index (χ1v) is 8.67. The number of anilines is 1. The molecule has 0 spiro atoms. The molecule has 0 aliphatic carbocycles. The summed E-state index contributed by atoms with van der Waals surface area (Å²) in [5.41, 5.74) is 1.73. The summed E-state index contributed by atoms with van der Waals surface area (Å²) in [4.78, 5) is 33.3. The Balaban J connectivity index is 1.65. The second-order valence-electron chi connectivity index (χ2n) is 5.87. The van der Waals surface area contributed by atoms with E-state index in [1.807, 2.05) is 30.3 Å². The van der Waals surface area contributed by atoms with E-state index in [4.69, 9.17) is 0 Å². The van der Waals surface area contributed by atoms with Crippen molar-refractivity contribution in [2.45, 2.75) is 12.8 Å². The summed E-state index contributed by atoms with van der Waals surface area (Å²) in [5, 5.41) is 3.45. The Morgan fingerprint density at radius 2 is 1.88 bits per heavy atom. The van der Waals surface area contributed by atoms with Gasteiger partial charge in [0.05, 0.1) is 5.69 Å². The monoisotopic (exact) mass is 344 g/mol. The lowest BCUT2D eigenvalue weighted by molar-refractivity contribution is 0.0827. The van der Waals surface area contributed by atoms with Gasteiger partial charge in [0, 0.05) is 50.6 Å². The van der Waals surface area contributed by atoms with Gasteiger partial charge in [-0.05, 0) is 12.1 Å². The van der Waals surface area contributed by atoms with Crippen LogP contribution in [0.3, 0.4) is 0 Å². The molecule has 3 rings (SSSR count). The highest BCUT2D eigenvalue weighted by atomic mass is 32.1. The quantitative estimate of drug-likeness (QED) is 0.910. The maximum Gasteiger partial charge on any atom is 0.321 e. The molecule has 1 aliphatic rings. The highest BCUT2D eigenvalue weighted by Crippen LogP contribution is 2.24. The molecule has 0 saturated carbocycles. The van der Waals surface area contributed by atoms with Gasteiger partial charge in [-0.25, -0.2) is 9.78 Å². The smallest absolute Gasteiger partial charge is 0.321 e. The van der Waals surface area contributed by atoms with Gasteiger partial charge in [0.2, 0.25) is 0 Å². The SMILES string of the molecule is CN(C)C(=O)c1nc2c(s1)CCN(C(=O)Nc1ccccc1)CC2. The zero-order chi connectivity index (χ0) is 17.1. The lowest BCUT2D eigenvalue weighted by atomic mass is 10.2. The van der Waals surface area contributed by atoms with Crippen molar-refractivity contribution in [1.29, 1.82) is 0 Å². The van der Waals surface area contributed by atoms with E-state index in [2.05, 4.69) is 10.3 Å². The Labute approximate surface area is 145 Å². The van der Waals surface area contributed by atoms with Gasteiger partial charge in [-0.1, -0.05) is 18.2 Å².